The lowest BCUT2D eigenvalue weighted by Gasteiger charge is -2.08. The molecule has 0 aliphatic carbocycles. The molecule has 0 saturated heterocycles. The van der Waals surface area contributed by atoms with Crippen LogP contribution in [0.5, 0.6) is 0 Å². The van der Waals surface area contributed by atoms with Crippen molar-refractivity contribution in [1.29, 1.82) is 0 Å². The summed E-state index contributed by atoms with van der Waals surface area (Å²) < 4.78 is 14.9. The van der Waals surface area contributed by atoms with Crippen molar-refractivity contribution in [2.24, 2.45) is 0 Å². The van der Waals surface area contributed by atoms with Gasteiger partial charge in [-0.15, -0.1) is 0 Å². The maximum absolute atomic E-state index is 13.4. The fourth-order valence-electron chi connectivity index (χ4n) is 1.59. The molecule has 2 aromatic rings. The van der Waals surface area contributed by atoms with Gasteiger partial charge in [0.1, 0.15) is 5.82 Å². The van der Waals surface area contributed by atoms with E-state index in [1.807, 2.05) is 6.92 Å². The first kappa shape index (κ1) is 12.3. The van der Waals surface area contributed by atoms with E-state index in [1.54, 1.807) is 25.3 Å². The van der Waals surface area contributed by atoms with Gasteiger partial charge >= 0.3 is 0 Å². The molecular formula is C13H14FN3O. The van der Waals surface area contributed by atoms with Crippen LogP contribution in [0.15, 0.2) is 35.4 Å². The minimum atomic E-state index is -0.313. The summed E-state index contributed by atoms with van der Waals surface area (Å²) in [6.45, 7) is 4.12. The quantitative estimate of drug-likeness (QED) is 0.906. The third-order valence-corrected chi connectivity index (χ3v) is 2.69. The van der Waals surface area contributed by atoms with Crippen LogP contribution in [-0.4, -0.2) is 9.55 Å². The minimum Gasteiger partial charge on any atom is -0.336 e. The van der Waals surface area contributed by atoms with Crippen LogP contribution in [-0.2, 0) is 6.54 Å². The first-order valence-corrected chi connectivity index (χ1v) is 5.70. The van der Waals surface area contributed by atoms with Crippen molar-refractivity contribution in [3.8, 4) is 0 Å². The predicted molar refractivity (Wildman–Crippen MR) is 68.6 cm³/mol. The molecule has 18 heavy (non-hydrogen) atoms. The number of rotatable bonds is 3. The van der Waals surface area contributed by atoms with Gasteiger partial charge in [-0.3, -0.25) is 4.79 Å². The predicted octanol–water partition coefficient (Wildman–Crippen LogP) is 2.45. The number of aryl methyl sites for hydroxylation is 2. The Morgan fingerprint density at radius 3 is 2.89 bits per heavy atom. The van der Waals surface area contributed by atoms with E-state index in [2.05, 4.69) is 10.3 Å². The summed E-state index contributed by atoms with van der Waals surface area (Å²) in [5, 5.41) is 2.83. The summed E-state index contributed by atoms with van der Waals surface area (Å²) in [5.74, 6) is -0.116. The highest BCUT2D eigenvalue weighted by Crippen LogP contribution is 2.15. The number of benzene rings is 1. The van der Waals surface area contributed by atoms with Gasteiger partial charge in [0.05, 0.1) is 0 Å². The van der Waals surface area contributed by atoms with Gasteiger partial charge < -0.3 is 9.88 Å². The van der Waals surface area contributed by atoms with E-state index in [0.717, 1.165) is 0 Å². The first-order chi connectivity index (χ1) is 8.61. The molecule has 4 nitrogen and oxygen atoms in total. The van der Waals surface area contributed by atoms with E-state index >= 15 is 0 Å². The molecule has 0 aliphatic rings. The van der Waals surface area contributed by atoms with Crippen molar-refractivity contribution >= 4 is 11.5 Å². The van der Waals surface area contributed by atoms with Gasteiger partial charge in [-0.2, -0.15) is 0 Å². The second kappa shape index (κ2) is 5.00. The number of hydrogen-bond acceptors (Lipinski definition) is 3. The van der Waals surface area contributed by atoms with Crippen molar-refractivity contribution in [3.05, 3.63) is 52.3 Å². The Morgan fingerprint density at radius 2 is 2.22 bits per heavy atom. The van der Waals surface area contributed by atoms with Crippen molar-refractivity contribution in [1.82, 2.24) is 9.55 Å². The first-order valence-electron chi connectivity index (χ1n) is 5.70. The van der Waals surface area contributed by atoms with E-state index in [-0.39, 0.29) is 17.2 Å². The Hall–Kier alpha value is -2.17. The fourth-order valence-corrected chi connectivity index (χ4v) is 1.59. The Bertz CT molecular complexity index is 622. The molecule has 1 aromatic carbocycles. The maximum Gasteiger partial charge on any atom is 0.293 e. The van der Waals surface area contributed by atoms with Gasteiger partial charge in [0.2, 0.25) is 0 Å². The summed E-state index contributed by atoms with van der Waals surface area (Å²) in [4.78, 5) is 15.9. The fraction of sp³-hybridized carbons (Fsp3) is 0.231. The molecule has 1 heterocycles. The SMILES string of the molecule is CCn1ccnc(Nc2ccc(C)c(F)c2)c1=O. The lowest BCUT2D eigenvalue weighted by atomic mass is 10.2. The van der Waals surface area contributed by atoms with E-state index in [0.29, 0.717) is 17.8 Å². The van der Waals surface area contributed by atoms with Crippen molar-refractivity contribution in [3.63, 3.8) is 0 Å². The third-order valence-electron chi connectivity index (χ3n) is 2.69. The van der Waals surface area contributed by atoms with Gasteiger partial charge in [-0.05, 0) is 31.5 Å². The van der Waals surface area contributed by atoms with Crippen molar-refractivity contribution in [2.45, 2.75) is 20.4 Å². The van der Waals surface area contributed by atoms with Gasteiger partial charge in [0.25, 0.3) is 5.56 Å². The maximum atomic E-state index is 13.4. The lowest BCUT2D eigenvalue weighted by Crippen LogP contribution is -2.22. The van der Waals surface area contributed by atoms with Crippen LogP contribution >= 0.6 is 0 Å². The zero-order valence-electron chi connectivity index (χ0n) is 10.3. The zero-order chi connectivity index (χ0) is 13.1. The summed E-state index contributed by atoms with van der Waals surface area (Å²) in [6.07, 6.45) is 3.15. The molecule has 0 atom stereocenters. The molecule has 0 radical (unpaired) electrons. The molecule has 0 saturated carbocycles. The Kier molecular flexibility index (Phi) is 3.41. The molecule has 1 aromatic heterocycles. The molecule has 0 bridgehead atoms. The Balaban J connectivity index is 2.34. The van der Waals surface area contributed by atoms with E-state index < -0.39 is 0 Å². The van der Waals surface area contributed by atoms with Crippen LogP contribution in [0.25, 0.3) is 0 Å². The molecule has 0 aliphatic heterocycles. The smallest absolute Gasteiger partial charge is 0.293 e. The number of hydrogen-bond donors (Lipinski definition) is 1. The number of aromatic nitrogens is 2. The molecule has 0 spiro atoms. The highest BCUT2D eigenvalue weighted by Gasteiger charge is 2.05. The monoisotopic (exact) mass is 247 g/mol. The average molecular weight is 247 g/mol. The zero-order valence-corrected chi connectivity index (χ0v) is 10.3. The summed E-state index contributed by atoms with van der Waals surface area (Å²) in [7, 11) is 0. The average Bonchev–Trinajstić information content (AvgIpc) is 2.36. The van der Waals surface area contributed by atoms with Crippen LogP contribution in [0.3, 0.4) is 0 Å². The van der Waals surface area contributed by atoms with E-state index in [4.69, 9.17) is 0 Å². The molecule has 0 fully saturated rings. The molecule has 5 heteroatoms. The number of nitrogens with zero attached hydrogens (tertiary/aromatic N) is 2. The number of anilines is 2. The lowest BCUT2D eigenvalue weighted by molar-refractivity contribution is 0.619. The summed E-state index contributed by atoms with van der Waals surface area (Å²) in [5.41, 5.74) is 0.852. The van der Waals surface area contributed by atoms with Crippen LogP contribution in [0.4, 0.5) is 15.9 Å². The van der Waals surface area contributed by atoms with Crippen LogP contribution in [0.1, 0.15) is 12.5 Å². The molecule has 0 unspecified atom stereocenters. The van der Waals surface area contributed by atoms with Crippen LogP contribution in [0.2, 0.25) is 0 Å². The highest BCUT2D eigenvalue weighted by atomic mass is 19.1. The molecule has 2 rings (SSSR count). The van der Waals surface area contributed by atoms with Crippen molar-refractivity contribution in [2.75, 3.05) is 5.32 Å². The Morgan fingerprint density at radius 1 is 1.44 bits per heavy atom. The summed E-state index contributed by atoms with van der Waals surface area (Å²) >= 11 is 0. The van der Waals surface area contributed by atoms with E-state index in [1.165, 1.54) is 16.8 Å². The minimum absolute atomic E-state index is 0.197. The Labute approximate surface area is 104 Å². The van der Waals surface area contributed by atoms with Crippen LogP contribution in [0, 0.1) is 12.7 Å². The standard InChI is InChI=1S/C13H14FN3O/c1-3-17-7-6-15-12(13(17)18)16-10-5-4-9(2)11(14)8-10/h4-8H,3H2,1-2H3,(H,15,16). The highest BCUT2D eigenvalue weighted by molar-refractivity contribution is 5.55. The molecule has 94 valence electrons. The molecule has 0 amide bonds. The second-order valence-electron chi connectivity index (χ2n) is 3.96. The topological polar surface area (TPSA) is 46.9 Å². The third kappa shape index (κ3) is 2.40. The molecule has 1 N–H and O–H groups in total. The second-order valence-corrected chi connectivity index (χ2v) is 3.96. The summed E-state index contributed by atoms with van der Waals surface area (Å²) in [6, 6.07) is 4.71. The van der Waals surface area contributed by atoms with Gasteiger partial charge in [0, 0.05) is 24.6 Å². The largest absolute Gasteiger partial charge is 0.336 e. The van der Waals surface area contributed by atoms with Gasteiger partial charge in [-0.25, -0.2) is 9.37 Å². The molecular weight excluding hydrogens is 233 g/mol. The van der Waals surface area contributed by atoms with E-state index in [9.17, 15) is 9.18 Å². The van der Waals surface area contributed by atoms with Gasteiger partial charge in [-0.1, -0.05) is 6.07 Å². The van der Waals surface area contributed by atoms with Gasteiger partial charge in [0.15, 0.2) is 5.82 Å². The number of halogens is 1. The van der Waals surface area contributed by atoms with Crippen LogP contribution < -0.4 is 10.9 Å². The number of nitrogens with one attached hydrogen (secondary N) is 1. The van der Waals surface area contributed by atoms with Crippen molar-refractivity contribution < 1.29 is 4.39 Å². The normalized spacial score (nSPS) is 10.4.